The normalized spacial score (nSPS) is 19.1. The molecular weight excluding hydrogens is 416 g/mol. The average molecular weight is 434 g/mol. The van der Waals surface area contributed by atoms with Crippen LogP contribution in [-0.2, 0) is 26.2 Å². The Morgan fingerprint density at radius 1 is 1.23 bits per heavy atom. The van der Waals surface area contributed by atoms with E-state index in [9.17, 15) is 18.5 Å². The molecule has 4 heterocycles. The van der Waals surface area contributed by atoms with Gasteiger partial charge in [-0.1, -0.05) is 18.2 Å². The molecule has 0 saturated carbocycles. The third-order valence-corrected chi connectivity index (χ3v) is 6.98. The molecule has 1 fully saturated rings. The van der Waals surface area contributed by atoms with Gasteiger partial charge in [-0.05, 0) is 37.1 Å². The van der Waals surface area contributed by atoms with Crippen LogP contribution in [0, 0.1) is 11.3 Å². The summed E-state index contributed by atoms with van der Waals surface area (Å²) in [4.78, 5) is 14.8. The monoisotopic (exact) mass is 434 g/mol. The summed E-state index contributed by atoms with van der Waals surface area (Å²) >= 11 is 0. The van der Waals surface area contributed by atoms with Gasteiger partial charge in [0.05, 0.1) is 11.1 Å². The van der Waals surface area contributed by atoms with Gasteiger partial charge < -0.3 is 14.0 Å². The first-order chi connectivity index (χ1) is 15.0. The molecule has 9 heteroatoms. The van der Waals surface area contributed by atoms with Gasteiger partial charge in [-0.15, -0.1) is 4.40 Å². The first-order valence-electron chi connectivity index (χ1n) is 9.86. The number of rotatable bonds is 3. The Hall–Kier alpha value is -3.64. The maximum Gasteiger partial charge on any atom is 0.329 e. The van der Waals surface area contributed by atoms with Crippen LogP contribution in [0.4, 0.5) is 0 Å². The van der Waals surface area contributed by atoms with Crippen LogP contribution < -0.4 is 0 Å². The fourth-order valence-corrected chi connectivity index (χ4v) is 5.44. The molecule has 2 aliphatic heterocycles. The maximum absolute atomic E-state index is 12.9. The molecule has 2 aliphatic rings. The molecule has 0 radical (unpaired) electrons. The zero-order valence-corrected chi connectivity index (χ0v) is 17.2. The number of sulfonamides is 1. The van der Waals surface area contributed by atoms with E-state index >= 15 is 0 Å². The number of likely N-dealkylation sites (tertiary alicyclic amines) is 1. The van der Waals surface area contributed by atoms with Gasteiger partial charge >= 0.3 is 5.97 Å². The number of ether oxygens (including phenoxy) is 1. The molecule has 8 nitrogen and oxygen atoms in total. The molecule has 156 valence electrons. The highest BCUT2D eigenvalue weighted by atomic mass is 32.2. The molecule has 1 aromatic carbocycles. The second-order valence-corrected chi connectivity index (χ2v) is 9.05. The average Bonchev–Trinajstić information content (AvgIpc) is 3.46. The van der Waals surface area contributed by atoms with Gasteiger partial charge in [-0.3, -0.25) is 0 Å². The summed E-state index contributed by atoms with van der Waals surface area (Å²) in [5.41, 5.74) is 2.35. The van der Waals surface area contributed by atoms with Crippen molar-refractivity contribution in [3.05, 3.63) is 71.5 Å². The number of aromatic nitrogens is 1. The standard InChI is InChI=1S/C22H18N4O4S/c23-12-17-15(13-25-10-4-3-7-18(17)25)14-30-22(27)19-8-5-11-26(19)21-16-6-1-2-9-20(16)31(28,29)24-21/h1-4,6-7,9-10,13,19H,5,8,11,14H2/t19-/m0/s1. The number of hydrogen-bond acceptors (Lipinski definition) is 6. The third kappa shape index (κ3) is 3.16. The molecule has 0 aliphatic carbocycles. The Bertz CT molecular complexity index is 1380. The molecular formula is C22H18N4O4S. The highest BCUT2D eigenvalue weighted by Crippen LogP contribution is 2.31. The van der Waals surface area contributed by atoms with Gasteiger partial charge in [-0.25, -0.2) is 4.79 Å². The zero-order valence-electron chi connectivity index (χ0n) is 16.4. The van der Waals surface area contributed by atoms with Gasteiger partial charge in [0.1, 0.15) is 23.6 Å². The summed E-state index contributed by atoms with van der Waals surface area (Å²) in [6.45, 7) is 0.483. The highest BCUT2D eigenvalue weighted by Gasteiger charge is 2.40. The Balaban J connectivity index is 1.38. The molecule has 0 bridgehead atoms. The van der Waals surface area contributed by atoms with Crippen LogP contribution in [-0.4, -0.2) is 42.1 Å². The fourth-order valence-electron chi connectivity index (χ4n) is 4.22. The Morgan fingerprint density at radius 3 is 2.87 bits per heavy atom. The van der Waals surface area contributed by atoms with E-state index in [2.05, 4.69) is 10.5 Å². The number of fused-ring (bicyclic) bond motifs is 2. The van der Waals surface area contributed by atoms with Crippen LogP contribution in [0.15, 0.2) is 64.2 Å². The second kappa shape index (κ2) is 7.25. The predicted molar refractivity (Wildman–Crippen MR) is 112 cm³/mol. The number of carbonyl (C=O) groups is 1. The van der Waals surface area contributed by atoms with Crippen LogP contribution in [0.1, 0.15) is 29.5 Å². The molecule has 5 rings (SSSR count). The predicted octanol–water partition coefficient (Wildman–Crippen LogP) is 2.47. The van der Waals surface area contributed by atoms with Crippen LogP contribution in [0.5, 0.6) is 0 Å². The van der Waals surface area contributed by atoms with Crippen molar-refractivity contribution in [3.63, 3.8) is 0 Å². The minimum Gasteiger partial charge on any atom is -0.459 e. The van der Waals surface area contributed by atoms with Crippen molar-refractivity contribution in [2.75, 3.05) is 6.54 Å². The number of nitriles is 1. The van der Waals surface area contributed by atoms with Crippen molar-refractivity contribution in [1.29, 1.82) is 5.26 Å². The summed E-state index contributed by atoms with van der Waals surface area (Å²) in [5.74, 6) is -0.163. The lowest BCUT2D eigenvalue weighted by atomic mass is 10.1. The van der Waals surface area contributed by atoms with Gasteiger partial charge in [0.15, 0.2) is 5.84 Å². The SMILES string of the molecule is N#Cc1c(COC(=O)[C@@H]2CCCN2C2=NS(=O)(=O)c3ccccc32)cn2ccccc12. The van der Waals surface area contributed by atoms with E-state index in [1.807, 2.05) is 28.8 Å². The van der Waals surface area contributed by atoms with Gasteiger partial charge in [0.25, 0.3) is 10.0 Å². The van der Waals surface area contributed by atoms with Crippen molar-refractivity contribution >= 4 is 27.3 Å². The topological polar surface area (TPSA) is 104 Å². The van der Waals surface area contributed by atoms with Crippen molar-refractivity contribution in [2.24, 2.45) is 4.40 Å². The van der Waals surface area contributed by atoms with Crippen LogP contribution in [0.2, 0.25) is 0 Å². The number of esters is 1. The molecule has 1 atom stereocenters. The van der Waals surface area contributed by atoms with Crippen molar-refractivity contribution in [3.8, 4) is 6.07 Å². The molecule has 2 aromatic heterocycles. The number of hydrogen-bond donors (Lipinski definition) is 0. The second-order valence-electron chi connectivity index (χ2n) is 7.48. The molecule has 0 unspecified atom stereocenters. The highest BCUT2D eigenvalue weighted by molar-refractivity contribution is 7.90. The summed E-state index contributed by atoms with van der Waals surface area (Å²) < 4.78 is 36.1. The lowest BCUT2D eigenvalue weighted by Crippen LogP contribution is -2.41. The Morgan fingerprint density at radius 2 is 2.03 bits per heavy atom. The molecule has 31 heavy (non-hydrogen) atoms. The number of pyridine rings is 1. The Kier molecular flexibility index (Phi) is 4.52. The first-order valence-corrected chi connectivity index (χ1v) is 11.3. The molecule has 3 aromatic rings. The van der Waals surface area contributed by atoms with Crippen molar-refractivity contribution < 1.29 is 17.9 Å². The van der Waals surface area contributed by atoms with Gasteiger partial charge in [-0.2, -0.15) is 13.7 Å². The summed E-state index contributed by atoms with van der Waals surface area (Å²) in [6.07, 6.45) is 4.87. The summed E-state index contributed by atoms with van der Waals surface area (Å²) in [7, 11) is -3.77. The van der Waals surface area contributed by atoms with E-state index in [0.717, 1.165) is 11.9 Å². The molecule has 0 spiro atoms. The lowest BCUT2D eigenvalue weighted by molar-refractivity contribution is -0.149. The van der Waals surface area contributed by atoms with Crippen molar-refractivity contribution in [1.82, 2.24) is 9.30 Å². The van der Waals surface area contributed by atoms with E-state index in [-0.39, 0.29) is 11.5 Å². The van der Waals surface area contributed by atoms with E-state index in [1.54, 1.807) is 29.3 Å². The quantitative estimate of drug-likeness (QED) is 0.587. The maximum atomic E-state index is 12.9. The summed E-state index contributed by atoms with van der Waals surface area (Å²) in [6, 6.07) is 13.7. The third-order valence-electron chi connectivity index (χ3n) is 5.65. The van der Waals surface area contributed by atoms with Crippen molar-refractivity contribution in [2.45, 2.75) is 30.4 Å². The number of benzene rings is 1. The van der Waals surface area contributed by atoms with E-state index in [4.69, 9.17) is 4.74 Å². The van der Waals surface area contributed by atoms with Crippen LogP contribution in [0.3, 0.4) is 0 Å². The van der Waals surface area contributed by atoms with Crippen LogP contribution in [0.25, 0.3) is 5.52 Å². The van der Waals surface area contributed by atoms with E-state index in [1.165, 1.54) is 6.07 Å². The largest absolute Gasteiger partial charge is 0.459 e. The van der Waals surface area contributed by atoms with Gasteiger partial charge in [0.2, 0.25) is 0 Å². The molecule has 0 N–H and O–H groups in total. The Labute approximate surface area is 179 Å². The number of amidine groups is 1. The number of carbonyl (C=O) groups excluding carboxylic acids is 1. The van der Waals surface area contributed by atoms with E-state index < -0.39 is 22.0 Å². The molecule has 0 amide bonds. The van der Waals surface area contributed by atoms with E-state index in [0.29, 0.717) is 35.5 Å². The molecule has 1 saturated heterocycles. The van der Waals surface area contributed by atoms with Crippen LogP contribution >= 0.6 is 0 Å². The fraction of sp³-hybridized carbons (Fsp3) is 0.227. The van der Waals surface area contributed by atoms with Gasteiger partial charge in [0, 0.05) is 30.1 Å². The smallest absolute Gasteiger partial charge is 0.329 e. The minimum absolute atomic E-state index is 0.0326. The number of nitrogens with zero attached hydrogens (tertiary/aromatic N) is 4. The zero-order chi connectivity index (χ0) is 21.6. The minimum atomic E-state index is -3.77. The first kappa shape index (κ1) is 19.3. The summed E-state index contributed by atoms with van der Waals surface area (Å²) in [5, 5.41) is 9.53. The lowest BCUT2D eigenvalue weighted by Gasteiger charge is -2.24.